The van der Waals surface area contributed by atoms with Gasteiger partial charge in [0.15, 0.2) is 5.82 Å². The Balaban J connectivity index is 1.59. The van der Waals surface area contributed by atoms with Crippen molar-refractivity contribution >= 4 is 23.2 Å². The molecule has 1 atom stereocenters. The molecule has 6 nitrogen and oxygen atoms in total. The lowest BCUT2D eigenvalue weighted by Gasteiger charge is -2.32. The minimum Gasteiger partial charge on any atom is -0.489 e. The number of halogens is 2. The molecule has 8 heteroatoms. The molecule has 1 aliphatic rings. The number of rotatable bonds is 4. The van der Waals surface area contributed by atoms with Crippen molar-refractivity contribution in [3.63, 3.8) is 0 Å². The zero-order valence-corrected chi connectivity index (χ0v) is 13.8. The zero-order valence-electron chi connectivity index (χ0n) is 12.2. The quantitative estimate of drug-likeness (QED) is 0.855. The van der Waals surface area contributed by atoms with E-state index in [2.05, 4.69) is 20.3 Å². The highest BCUT2D eigenvalue weighted by molar-refractivity contribution is 6.42. The van der Waals surface area contributed by atoms with Crippen LogP contribution in [-0.2, 0) is 13.6 Å². The molecule has 2 heterocycles. The molecule has 0 radical (unpaired) electrons. The van der Waals surface area contributed by atoms with Crippen LogP contribution in [-0.4, -0.2) is 44.3 Å². The fraction of sp³-hybridized carbons (Fsp3) is 0.500. The van der Waals surface area contributed by atoms with Crippen LogP contribution in [0, 0.1) is 0 Å². The average Bonchev–Trinajstić information content (AvgIpc) is 2.89. The van der Waals surface area contributed by atoms with Gasteiger partial charge in [0, 0.05) is 12.6 Å². The summed E-state index contributed by atoms with van der Waals surface area (Å²) in [4.78, 5) is 3.76. The van der Waals surface area contributed by atoms with Gasteiger partial charge in [-0.25, -0.2) is 0 Å². The average molecular weight is 342 g/mol. The third kappa shape index (κ3) is 3.88. The molecule has 1 aliphatic heterocycles. The summed E-state index contributed by atoms with van der Waals surface area (Å²) in [5.74, 6) is 1.48. The van der Waals surface area contributed by atoms with Crippen molar-refractivity contribution in [3.8, 4) is 5.75 Å². The summed E-state index contributed by atoms with van der Waals surface area (Å²) in [5.41, 5.74) is 0. The first-order valence-corrected chi connectivity index (χ1v) is 7.92. The van der Waals surface area contributed by atoms with E-state index in [4.69, 9.17) is 27.9 Å². The highest BCUT2D eigenvalue weighted by Gasteiger charge is 2.22. The van der Waals surface area contributed by atoms with E-state index < -0.39 is 0 Å². The largest absolute Gasteiger partial charge is 0.489 e. The molecule has 0 bridgehead atoms. The molecule has 1 fully saturated rings. The Morgan fingerprint density at radius 1 is 1.32 bits per heavy atom. The number of nitrogens with zero attached hydrogens (tertiary/aromatic N) is 5. The number of hydrogen-bond donors (Lipinski definition) is 0. The number of hydrogen-bond acceptors (Lipinski definition) is 5. The Morgan fingerprint density at radius 3 is 2.91 bits per heavy atom. The van der Waals surface area contributed by atoms with E-state index in [0.717, 1.165) is 37.5 Å². The molecule has 1 aromatic carbocycles. The van der Waals surface area contributed by atoms with Crippen LogP contribution in [0.2, 0.25) is 10.0 Å². The first kappa shape index (κ1) is 15.5. The maximum atomic E-state index is 6.02. The first-order valence-electron chi connectivity index (χ1n) is 7.17. The molecular weight excluding hydrogens is 325 g/mol. The molecule has 0 amide bonds. The van der Waals surface area contributed by atoms with Gasteiger partial charge in [-0.3, -0.25) is 4.90 Å². The lowest BCUT2D eigenvalue weighted by Crippen LogP contribution is -2.40. The lowest BCUT2D eigenvalue weighted by molar-refractivity contribution is 0.0827. The molecule has 22 heavy (non-hydrogen) atoms. The van der Waals surface area contributed by atoms with Crippen LogP contribution in [0.4, 0.5) is 0 Å². The number of ether oxygens (including phenoxy) is 1. The van der Waals surface area contributed by atoms with Crippen molar-refractivity contribution in [1.29, 1.82) is 0 Å². The number of piperidine rings is 1. The number of benzene rings is 1. The topological polar surface area (TPSA) is 56.1 Å². The van der Waals surface area contributed by atoms with Crippen LogP contribution in [0.1, 0.15) is 18.7 Å². The molecule has 0 N–H and O–H groups in total. The molecule has 0 aliphatic carbocycles. The summed E-state index contributed by atoms with van der Waals surface area (Å²) in [6, 6.07) is 5.35. The highest BCUT2D eigenvalue weighted by Crippen LogP contribution is 2.28. The van der Waals surface area contributed by atoms with Gasteiger partial charge in [-0.05, 0) is 36.7 Å². The Kier molecular flexibility index (Phi) is 4.81. The maximum Gasteiger partial charge on any atom is 0.188 e. The molecule has 3 rings (SSSR count). The van der Waals surface area contributed by atoms with Gasteiger partial charge < -0.3 is 4.74 Å². The van der Waals surface area contributed by atoms with Gasteiger partial charge in [0.25, 0.3) is 0 Å². The Hall–Kier alpha value is -1.37. The number of aryl methyl sites for hydroxylation is 1. The van der Waals surface area contributed by atoms with E-state index in [1.165, 1.54) is 4.80 Å². The Labute approximate surface area is 139 Å². The molecule has 1 saturated heterocycles. The molecule has 0 saturated carbocycles. The van der Waals surface area contributed by atoms with Crippen molar-refractivity contribution in [3.05, 3.63) is 34.1 Å². The van der Waals surface area contributed by atoms with Gasteiger partial charge in [0.05, 0.1) is 23.6 Å². The second kappa shape index (κ2) is 6.81. The van der Waals surface area contributed by atoms with Gasteiger partial charge in [0.2, 0.25) is 0 Å². The Morgan fingerprint density at radius 2 is 2.18 bits per heavy atom. The monoisotopic (exact) mass is 341 g/mol. The minimum absolute atomic E-state index is 0.127. The normalized spacial score (nSPS) is 19.3. The van der Waals surface area contributed by atoms with Crippen LogP contribution in [0.15, 0.2) is 18.2 Å². The fourth-order valence-corrected chi connectivity index (χ4v) is 2.87. The van der Waals surface area contributed by atoms with Gasteiger partial charge >= 0.3 is 0 Å². The molecule has 1 aromatic heterocycles. The lowest BCUT2D eigenvalue weighted by atomic mass is 10.1. The maximum absolute atomic E-state index is 6.02. The third-order valence-corrected chi connectivity index (χ3v) is 4.31. The Bertz CT molecular complexity index is 648. The minimum atomic E-state index is 0.127. The van der Waals surface area contributed by atoms with E-state index in [-0.39, 0.29) is 6.10 Å². The summed E-state index contributed by atoms with van der Waals surface area (Å²) in [6.07, 6.45) is 2.22. The summed E-state index contributed by atoms with van der Waals surface area (Å²) in [5, 5.41) is 13.1. The van der Waals surface area contributed by atoms with Crippen molar-refractivity contribution < 1.29 is 4.74 Å². The molecule has 1 unspecified atom stereocenters. The van der Waals surface area contributed by atoms with E-state index in [9.17, 15) is 0 Å². The van der Waals surface area contributed by atoms with Gasteiger partial charge in [-0.2, -0.15) is 4.80 Å². The predicted octanol–water partition coefficient (Wildman–Crippen LogP) is 2.56. The number of tetrazole rings is 1. The number of aromatic nitrogens is 4. The third-order valence-electron chi connectivity index (χ3n) is 3.57. The second-order valence-corrected chi connectivity index (χ2v) is 6.20. The zero-order chi connectivity index (χ0) is 15.5. The van der Waals surface area contributed by atoms with Gasteiger partial charge in [0.1, 0.15) is 11.9 Å². The standard InChI is InChI=1S/C14H17Cl2N5O/c1-20-18-14(17-19-20)9-21-6-2-3-11(8-21)22-10-4-5-12(15)13(16)7-10/h4-5,7,11H,2-3,6,8-9H2,1H3. The van der Waals surface area contributed by atoms with Crippen molar-refractivity contribution in [1.82, 2.24) is 25.1 Å². The van der Waals surface area contributed by atoms with Crippen molar-refractivity contribution in [2.24, 2.45) is 7.05 Å². The second-order valence-electron chi connectivity index (χ2n) is 5.39. The van der Waals surface area contributed by atoms with E-state index >= 15 is 0 Å². The van der Waals surface area contributed by atoms with Crippen LogP contribution in [0.25, 0.3) is 0 Å². The SMILES string of the molecule is Cn1nnc(CN2CCCC(Oc3ccc(Cl)c(Cl)c3)C2)n1. The van der Waals surface area contributed by atoms with E-state index in [1.54, 1.807) is 19.2 Å². The van der Waals surface area contributed by atoms with Gasteiger partial charge in [-0.1, -0.05) is 23.2 Å². The summed E-state index contributed by atoms with van der Waals surface area (Å²) < 4.78 is 6.02. The van der Waals surface area contributed by atoms with E-state index in [0.29, 0.717) is 16.6 Å². The van der Waals surface area contributed by atoms with Crippen LogP contribution in [0.3, 0.4) is 0 Å². The van der Waals surface area contributed by atoms with Crippen molar-refractivity contribution in [2.45, 2.75) is 25.5 Å². The van der Waals surface area contributed by atoms with Crippen LogP contribution >= 0.6 is 23.2 Å². The van der Waals surface area contributed by atoms with Crippen molar-refractivity contribution in [2.75, 3.05) is 13.1 Å². The van der Waals surface area contributed by atoms with E-state index in [1.807, 2.05) is 6.07 Å². The summed E-state index contributed by atoms with van der Waals surface area (Å²) in [6.45, 7) is 2.53. The smallest absolute Gasteiger partial charge is 0.188 e. The number of likely N-dealkylation sites (tertiary alicyclic amines) is 1. The molecule has 118 valence electrons. The molecule has 0 spiro atoms. The first-order chi connectivity index (χ1) is 10.6. The molecular formula is C14H17Cl2N5O. The highest BCUT2D eigenvalue weighted by atomic mass is 35.5. The summed E-state index contributed by atoms with van der Waals surface area (Å²) in [7, 11) is 1.77. The molecule has 2 aromatic rings. The summed E-state index contributed by atoms with van der Waals surface area (Å²) >= 11 is 11.9. The van der Waals surface area contributed by atoms with Gasteiger partial charge in [-0.15, -0.1) is 10.2 Å². The van der Waals surface area contributed by atoms with Crippen LogP contribution in [0.5, 0.6) is 5.75 Å². The predicted molar refractivity (Wildman–Crippen MR) is 84.2 cm³/mol. The van der Waals surface area contributed by atoms with Crippen LogP contribution < -0.4 is 4.74 Å². The fourth-order valence-electron chi connectivity index (χ4n) is 2.58.